The first-order valence-corrected chi connectivity index (χ1v) is 8.33. The molecule has 1 unspecified atom stereocenters. The van der Waals surface area contributed by atoms with Crippen molar-refractivity contribution in [1.29, 1.82) is 0 Å². The number of benzene rings is 1. The molecule has 1 fully saturated rings. The van der Waals surface area contributed by atoms with Crippen LogP contribution in [-0.4, -0.2) is 33.5 Å². The Labute approximate surface area is 149 Å². The Kier molecular flexibility index (Phi) is 5.06. The molecule has 0 aliphatic carbocycles. The van der Waals surface area contributed by atoms with E-state index < -0.39 is 16.9 Å². The maximum Gasteiger partial charge on any atom is 0.320 e. The average molecular weight is 365 g/mol. The predicted molar refractivity (Wildman–Crippen MR) is 91.5 cm³/mol. The quantitative estimate of drug-likeness (QED) is 0.637. The minimum atomic E-state index is -0.815. The number of hydrogen-bond acceptors (Lipinski definition) is 5. The standard InChI is InChI=1S/C17H17ClN2O5/c18-14-9-11(20(23)24)4-6-13(14)16-7-5-12(25-16)10-19-8-2-1-3-15(19)17(21)22/h4-7,9,15H,1-3,8,10H2,(H,21,22). The Bertz CT molecular complexity index is 804. The minimum absolute atomic E-state index is 0.0850. The number of hydrogen-bond donors (Lipinski definition) is 1. The van der Waals surface area contributed by atoms with Gasteiger partial charge in [-0.15, -0.1) is 0 Å². The van der Waals surface area contributed by atoms with Gasteiger partial charge in [-0.05, 0) is 37.6 Å². The first-order valence-electron chi connectivity index (χ1n) is 7.95. The van der Waals surface area contributed by atoms with Crippen molar-refractivity contribution in [3.05, 3.63) is 51.2 Å². The number of carbonyl (C=O) groups is 1. The van der Waals surface area contributed by atoms with Gasteiger partial charge in [0.05, 0.1) is 16.5 Å². The number of piperidine rings is 1. The molecule has 2 aromatic rings. The highest BCUT2D eigenvalue weighted by Crippen LogP contribution is 2.33. The first-order chi connectivity index (χ1) is 12.0. The second-order valence-electron chi connectivity index (χ2n) is 6.01. The molecule has 1 aromatic carbocycles. The van der Waals surface area contributed by atoms with Crippen molar-refractivity contribution < 1.29 is 19.2 Å². The number of aliphatic carboxylic acids is 1. The molecule has 3 rings (SSSR count). The molecule has 1 saturated heterocycles. The molecular formula is C17H17ClN2O5. The Morgan fingerprint density at radius 1 is 1.36 bits per heavy atom. The Hall–Kier alpha value is -2.38. The number of rotatable bonds is 5. The molecule has 132 valence electrons. The first kappa shape index (κ1) is 17.4. The Morgan fingerprint density at radius 2 is 2.16 bits per heavy atom. The average Bonchev–Trinajstić information content (AvgIpc) is 3.03. The summed E-state index contributed by atoms with van der Waals surface area (Å²) in [4.78, 5) is 23.5. The van der Waals surface area contributed by atoms with Crippen LogP contribution in [0.25, 0.3) is 11.3 Å². The highest BCUT2D eigenvalue weighted by atomic mass is 35.5. The molecule has 0 bridgehead atoms. The molecule has 1 aliphatic heterocycles. The van der Waals surface area contributed by atoms with Gasteiger partial charge < -0.3 is 9.52 Å². The molecule has 8 heteroatoms. The number of non-ortho nitro benzene ring substituents is 1. The minimum Gasteiger partial charge on any atom is -0.480 e. The number of halogens is 1. The molecule has 1 N–H and O–H groups in total. The van der Waals surface area contributed by atoms with Gasteiger partial charge >= 0.3 is 5.97 Å². The van der Waals surface area contributed by atoms with Crippen molar-refractivity contribution in [3.63, 3.8) is 0 Å². The van der Waals surface area contributed by atoms with E-state index in [4.69, 9.17) is 16.0 Å². The van der Waals surface area contributed by atoms with E-state index >= 15 is 0 Å². The molecule has 0 amide bonds. The van der Waals surface area contributed by atoms with Crippen LogP contribution in [0.1, 0.15) is 25.0 Å². The maximum absolute atomic E-state index is 11.4. The van der Waals surface area contributed by atoms with E-state index in [0.717, 1.165) is 12.8 Å². The molecular weight excluding hydrogens is 348 g/mol. The molecule has 2 heterocycles. The second kappa shape index (κ2) is 7.25. The van der Waals surface area contributed by atoms with Crippen LogP contribution < -0.4 is 0 Å². The van der Waals surface area contributed by atoms with E-state index in [9.17, 15) is 20.0 Å². The highest BCUT2D eigenvalue weighted by molar-refractivity contribution is 6.33. The van der Waals surface area contributed by atoms with E-state index in [1.54, 1.807) is 18.2 Å². The van der Waals surface area contributed by atoms with Gasteiger partial charge in [-0.1, -0.05) is 18.0 Å². The zero-order valence-electron chi connectivity index (χ0n) is 13.4. The Balaban J connectivity index is 1.78. The van der Waals surface area contributed by atoms with Gasteiger partial charge in [0.25, 0.3) is 5.69 Å². The molecule has 1 atom stereocenters. The monoisotopic (exact) mass is 364 g/mol. The summed E-state index contributed by atoms with van der Waals surface area (Å²) in [5, 5.41) is 20.3. The number of carboxylic acids is 1. The number of nitrogens with zero attached hydrogens (tertiary/aromatic N) is 2. The lowest BCUT2D eigenvalue weighted by molar-refractivity contribution is -0.384. The second-order valence-corrected chi connectivity index (χ2v) is 6.41. The van der Waals surface area contributed by atoms with Gasteiger partial charge in [0.1, 0.15) is 17.6 Å². The molecule has 0 radical (unpaired) electrons. The van der Waals surface area contributed by atoms with Crippen LogP contribution in [0.3, 0.4) is 0 Å². The summed E-state index contributed by atoms with van der Waals surface area (Å²) in [6.07, 6.45) is 2.51. The van der Waals surface area contributed by atoms with Crippen molar-refractivity contribution in [3.8, 4) is 11.3 Å². The number of likely N-dealkylation sites (tertiary alicyclic amines) is 1. The van der Waals surface area contributed by atoms with Crippen LogP contribution in [0.15, 0.2) is 34.7 Å². The fraction of sp³-hybridized carbons (Fsp3) is 0.353. The lowest BCUT2D eigenvalue weighted by atomic mass is 10.0. The van der Waals surface area contributed by atoms with Gasteiger partial charge in [-0.2, -0.15) is 0 Å². The summed E-state index contributed by atoms with van der Waals surface area (Å²) in [6.45, 7) is 1.12. The third-order valence-electron chi connectivity index (χ3n) is 4.35. The fourth-order valence-corrected chi connectivity index (χ4v) is 3.35. The lowest BCUT2D eigenvalue weighted by Crippen LogP contribution is -2.43. The summed E-state index contributed by atoms with van der Waals surface area (Å²) in [7, 11) is 0. The molecule has 0 saturated carbocycles. The van der Waals surface area contributed by atoms with Crippen molar-refractivity contribution in [1.82, 2.24) is 4.90 Å². The van der Waals surface area contributed by atoms with Gasteiger partial charge in [0.2, 0.25) is 0 Å². The van der Waals surface area contributed by atoms with Crippen LogP contribution in [0, 0.1) is 10.1 Å². The van der Waals surface area contributed by atoms with Crippen molar-refractivity contribution in [2.45, 2.75) is 31.8 Å². The topological polar surface area (TPSA) is 96.8 Å². The summed E-state index contributed by atoms with van der Waals surface area (Å²) < 4.78 is 5.79. The number of furan rings is 1. The zero-order chi connectivity index (χ0) is 18.0. The van der Waals surface area contributed by atoms with E-state index in [0.29, 0.717) is 36.6 Å². The summed E-state index contributed by atoms with van der Waals surface area (Å²) >= 11 is 6.12. The molecule has 7 nitrogen and oxygen atoms in total. The fourth-order valence-electron chi connectivity index (χ4n) is 3.09. The van der Waals surface area contributed by atoms with Crippen LogP contribution in [0.2, 0.25) is 5.02 Å². The zero-order valence-corrected chi connectivity index (χ0v) is 14.1. The molecule has 1 aromatic heterocycles. The van der Waals surface area contributed by atoms with Crippen LogP contribution in [0.4, 0.5) is 5.69 Å². The number of nitro benzene ring substituents is 1. The molecule has 1 aliphatic rings. The summed E-state index contributed by atoms with van der Waals surface area (Å²) in [5.74, 6) is 0.321. The number of carboxylic acid groups (broad SMARTS) is 1. The van der Waals surface area contributed by atoms with Crippen LogP contribution in [-0.2, 0) is 11.3 Å². The van der Waals surface area contributed by atoms with E-state index in [2.05, 4.69) is 0 Å². The van der Waals surface area contributed by atoms with E-state index in [1.807, 2.05) is 4.90 Å². The van der Waals surface area contributed by atoms with Crippen molar-refractivity contribution in [2.24, 2.45) is 0 Å². The van der Waals surface area contributed by atoms with Gasteiger partial charge in [0, 0.05) is 17.7 Å². The van der Waals surface area contributed by atoms with Crippen molar-refractivity contribution >= 4 is 23.3 Å². The summed E-state index contributed by atoms with van der Waals surface area (Å²) in [5.41, 5.74) is 0.477. The summed E-state index contributed by atoms with van der Waals surface area (Å²) in [6, 6.07) is 7.22. The molecule has 0 spiro atoms. The highest BCUT2D eigenvalue weighted by Gasteiger charge is 2.29. The van der Waals surface area contributed by atoms with Gasteiger partial charge in [0.15, 0.2) is 0 Å². The third-order valence-corrected chi connectivity index (χ3v) is 4.66. The maximum atomic E-state index is 11.4. The van der Waals surface area contributed by atoms with Crippen molar-refractivity contribution in [2.75, 3.05) is 6.54 Å². The predicted octanol–water partition coefficient (Wildman–Crippen LogP) is 3.95. The number of nitro groups is 1. The van der Waals surface area contributed by atoms with Crippen LogP contribution in [0.5, 0.6) is 0 Å². The molecule has 25 heavy (non-hydrogen) atoms. The van der Waals surface area contributed by atoms with E-state index in [1.165, 1.54) is 12.1 Å². The van der Waals surface area contributed by atoms with E-state index in [-0.39, 0.29) is 10.7 Å². The third kappa shape index (κ3) is 3.83. The van der Waals surface area contributed by atoms with Gasteiger partial charge in [-0.3, -0.25) is 19.8 Å². The Morgan fingerprint density at radius 3 is 2.84 bits per heavy atom. The van der Waals surface area contributed by atoms with Gasteiger partial charge in [-0.25, -0.2) is 0 Å². The lowest BCUT2D eigenvalue weighted by Gasteiger charge is -2.31. The smallest absolute Gasteiger partial charge is 0.320 e. The van der Waals surface area contributed by atoms with Crippen LogP contribution >= 0.6 is 11.6 Å². The largest absolute Gasteiger partial charge is 0.480 e. The SMILES string of the molecule is O=C(O)C1CCCCN1Cc1ccc(-c2ccc([N+](=O)[O-])cc2Cl)o1. The normalized spacial score (nSPS) is 18.2.